The van der Waals surface area contributed by atoms with Crippen molar-refractivity contribution in [2.75, 3.05) is 0 Å². The molecular weight excluding hydrogens is 216 g/mol. The SMILES string of the molecule is CC=C1C[C@H]2C=CC[C@@H]12.CC=C1C[C@H]2CCC[C@@H]12. The molecule has 0 heterocycles. The molecule has 98 valence electrons. The Morgan fingerprint density at radius 3 is 2.44 bits per heavy atom. The molecule has 0 bridgehead atoms. The number of fused-ring (bicyclic) bond motifs is 2. The van der Waals surface area contributed by atoms with E-state index >= 15 is 0 Å². The topological polar surface area (TPSA) is 0 Å². The van der Waals surface area contributed by atoms with Gasteiger partial charge >= 0.3 is 0 Å². The van der Waals surface area contributed by atoms with Crippen LogP contribution in [0.3, 0.4) is 0 Å². The number of allylic oxidation sites excluding steroid dienone is 6. The highest BCUT2D eigenvalue weighted by Gasteiger charge is 2.38. The second-order valence-electron chi connectivity index (χ2n) is 6.37. The first-order valence-electron chi connectivity index (χ1n) is 7.80. The first-order chi connectivity index (χ1) is 8.83. The molecular formula is C18H26. The highest BCUT2D eigenvalue weighted by Crippen LogP contribution is 2.50. The summed E-state index contributed by atoms with van der Waals surface area (Å²) in [4.78, 5) is 0. The van der Waals surface area contributed by atoms with Crippen molar-refractivity contribution in [3.63, 3.8) is 0 Å². The second kappa shape index (κ2) is 5.07. The third-order valence-electron chi connectivity index (χ3n) is 5.61. The van der Waals surface area contributed by atoms with E-state index < -0.39 is 0 Å². The molecule has 0 spiro atoms. The van der Waals surface area contributed by atoms with Crippen molar-refractivity contribution in [3.05, 3.63) is 35.5 Å². The molecule has 4 rings (SSSR count). The normalized spacial score (nSPS) is 43.9. The fourth-order valence-corrected chi connectivity index (χ4v) is 4.34. The van der Waals surface area contributed by atoms with Gasteiger partial charge in [0.05, 0.1) is 0 Å². The Bertz CT molecular complexity index is 386. The first kappa shape index (κ1) is 12.3. The maximum Gasteiger partial charge on any atom is -0.0103 e. The fraction of sp³-hybridized carbons (Fsp3) is 0.667. The van der Waals surface area contributed by atoms with E-state index in [4.69, 9.17) is 0 Å². The Labute approximate surface area is 112 Å². The van der Waals surface area contributed by atoms with Crippen molar-refractivity contribution < 1.29 is 0 Å². The number of hydrogen-bond donors (Lipinski definition) is 0. The average molecular weight is 242 g/mol. The van der Waals surface area contributed by atoms with E-state index in [1.165, 1.54) is 38.5 Å². The van der Waals surface area contributed by atoms with E-state index in [-0.39, 0.29) is 0 Å². The average Bonchev–Trinajstić information content (AvgIpc) is 2.87. The Hall–Kier alpha value is -0.780. The first-order valence-corrected chi connectivity index (χ1v) is 7.80. The molecule has 3 saturated carbocycles. The summed E-state index contributed by atoms with van der Waals surface area (Å²) < 4.78 is 0. The van der Waals surface area contributed by atoms with Crippen molar-refractivity contribution in [2.24, 2.45) is 23.7 Å². The van der Waals surface area contributed by atoms with Crippen LogP contribution in [0.5, 0.6) is 0 Å². The summed E-state index contributed by atoms with van der Waals surface area (Å²) in [5.74, 6) is 4.00. The Morgan fingerprint density at radius 1 is 1.00 bits per heavy atom. The van der Waals surface area contributed by atoms with Gasteiger partial charge in [-0.1, -0.05) is 41.9 Å². The molecule has 0 amide bonds. The molecule has 0 saturated heterocycles. The lowest BCUT2D eigenvalue weighted by Crippen LogP contribution is -2.23. The van der Waals surface area contributed by atoms with Gasteiger partial charge in [-0.25, -0.2) is 0 Å². The molecule has 18 heavy (non-hydrogen) atoms. The monoisotopic (exact) mass is 242 g/mol. The molecule has 4 atom stereocenters. The zero-order valence-electron chi connectivity index (χ0n) is 11.9. The van der Waals surface area contributed by atoms with E-state index in [1.807, 2.05) is 0 Å². The molecule has 0 aromatic rings. The molecule has 0 heteroatoms. The lowest BCUT2D eigenvalue weighted by Gasteiger charge is -2.34. The smallest absolute Gasteiger partial charge is 0.0103 e. The summed E-state index contributed by atoms with van der Waals surface area (Å²) in [6.45, 7) is 4.34. The number of hydrogen-bond acceptors (Lipinski definition) is 0. The van der Waals surface area contributed by atoms with E-state index in [9.17, 15) is 0 Å². The second-order valence-corrected chi connectivity index (χ2v) is 6.37. The number of rotatable bonds is 0. The third kappa shape index (κ3) is 2.00. The van der Waals surface area contributed by atoms with E-state index in [1.54, 1.807) is 11.1 Å². The summed E-state index contributed by atoms with van der Waals surface area (Å²) in [5.41, 5.74) is 3.43. The van der Waals surface area contributed by atoms with E-state index in [2.05, 4.69) is 38.2 Å². The minimum atomic E-state index is 0.926. The van der Waals surface area contributed by atoms with Crippen LogP contribution in [0, 0.1) is 23.7 Å². The van der Waals surface area contributed by atoms with Crippen LogP contribution in [-0.2, 0) is 0 Å². The van der Waals surface area contributed by atoms with Gasteiger partial charge in [0.1, 0.15) is 0 Å². The molecule has 0 N–H and O–H groups in total. The summed E-state index contributed by atoms with van der Waals surface area (Å²) in [7, 11) is 0. The van der Waals surface area contributed by atoms with Crippen molar-refractivity contribution in [1.82, 2.24) is 0 Å². The maximum atomic E-state index is 2.37. The Kier molecular flexibility index (Phi) is 3.46. The minimum Gasteiger partial charge on any atom is -0.0882 e. The van der Waals surface area contributed by atoms with Crippen LogP contribution in [0.25, 0.3) is 0 Å². The molecule has 0 nitrogen and oxygen atoms in total. The van der Waals surface area contributed by atoms with Crippen LogP contribution in [0.1, 0.15) is 52.4 Å². The standard InChI is InChI=1S/C9H14.C9H12/c2*1-2-7-6-8-4-3-5-9(7)8/h2,8-9H,3-6H2,1H3;2-4,8-9H,5-6H2,1H3/t2*8-,9+/m11/s1. The molecule has 0 aromatic carbocycles. The summed E-state index contributed by atoms with van der Waals surface area (Å²) in [6, 6.07) is 0. The molecule has 3 fully saturated rings. The molecule has 4 aliphatic carbocycles. The summed E-state index contributed by atoms with van der Waals surface area (Å²) in [6.07, 6.45) is 17.9. The van der Waals surface area contributed by atoms with Crippen molar-refractivity contribution >= 4 is 0 Å². The van der Waals surface area contributed by atoms with Crippen LogP contribution in [-0.4, -0.2) is 0 Å². The quantitative estimate of drug-likeness (QED) is 0.507. The van der Waals surface area contributed by atoms with E-state index in [0.717, 1.165) is 23.7 Å². The van der Waals surface area contributed by atoms with Gasteiger partial charge in [-0.15, -0.1) is 0 Å². The van der Waals surface area contributed by atoms with Gasteiger partial charge in [-0.3, -0.25) is 0 Å². The molecule has 4 aliphatic rings. The predicted octanol–water partition coefficient (Wildman–Crippen LogP) is 5.28. The largest absolute Gasteiger partial charge is 0.0882 e. The maximum absolute atomic E-state index is 2.37. The van der Waals surface area contributed by atoms with Crippen molar-refractivity contribution in [3.8, 4) is 0 Å². The van der Waals surface area contributed by atoms with Crippen LogP contribution in [0.4, 0.5) is 0 Å². The van der Waals surface area contributed by atoms with Gasteiger partial charge in [0.2, 0.25) is 0 Å². The van der Waals surface area contributed by atoms with Crippen molar-refractivity contribution in [1.29, 1.82) is 0 Å². The highest BCUT2D eigenvalue weighted by molar-refractivity contribution is 5.27. The third-order valence-corrected chi connectivity index (χ3v) is 5.61. The van der Waals surface area contributed by atoms with Gasteiger partial charge in [-0.2, -0.15) is 0 Å². The van der Waals surface area contributed by atoms with Crippen LogP contribution >= 0.6 is 0 Å². The minimum absolute atomic E-state index is 0.926. The Morgan fingerprint density at radius 2 is 1.78 bits per heavy atom. The molecule has 0 unspecified atom stereocenters. The Balaban J connectivity index is 0.000000111. The zero-order valence-corrected chi connectivity index (χ0v) is 11.9. The lowest BCUT2D eigenvalue weighted by atomic mass is 9.71. The summed E-state index contributed by atoms with van der Waals surface area (Å²) >= 11 is 0. The van der Waals surface area contributed by atoms with Crippen molar-refractivity contribution in [2.45, 2.75) is 52.4 Å². The fourth-order valence-electron chi connectivity index (χ4n) is 4.34. The van der Waals surface area contributed by atoms with Gasteiger partial charge in [0, 0.05) is 0 Å². The van der Waals surface area contributed by atoms with E-state index in [0.29, 0.717) is 0 Å². The van der Waals surface area contributed by atoms with Gasteiger partial charge in [-0.05, 0) is 69.6 Å². The van der Waals surface area contributed by atoms with Crippen LogP contribution in [0.2, 0.25) is 0 Å². The summed E-state index contributed by atoms with van der Waals surface area (Å²) in [5, 5.41) is 0. The predicted molar refractivity (Wildman–Crippen MR) is 78.3 cm³/mol. The lowest BCUT2D eigenvalue weighted by molar-refractivity contribution is 0.325. The molecule has 0 aliphatic heterocycles. The molecule has 0 aromatic heterocycles. The highest BCUT2D eigenvalue weighted by atomic mass is 14.4. The molecule has 0 radical (unpaired) electrons. The van der Waals surface area contributed by atoms with Crippen LogP contribution < -0.4 is 0 Å². The van der Waals surface area contributed by atoms with Gasteiger partial charge in [0.25, 0.3) is 0 Å². The zero-order chi connectivity index (χ0) is 12.5. The van der Waals surface area contributed by atoms with Crippen LogP contribution in [0.15, 0.2) is 35.5 Å². The van der Waals surface area contributed by atoms with Gasteiger partial charge < -0.3 is 0 Å². The van der Waals surface area contributed by atoms with Gasteiger partial charge in [0.15, 0.2) is 0 Å².